The van der Waals surface area contributed by atoms with E-state index >= 15 is 0 Å². The minimum absolute atomic E-state index is 0.00562. The average Bonchev–Trinajstić information content (AvgIpc) is 2.45. The molecule has 3 fully saturated rings. The van der Waals surface area contributed by atoms with Gasteiger partial charge >= 0.3 is 0 Å². The van der Waals surface area contributed by atoms with Gasteiger partial charge in [-0.05, 0) is 44.6 Å². The van der Waals surface area contributed by atoms with Crippen LogP contribution in [-0.4, -0.2) is 60.7 Å². The van der Waals surface area contributed by atoms with E-state index in [4.69, 9.17) is 9.47 Å². The number of hydrogen-bond acceptors (Lipinski definition) is 4. The van der Waals surface area contributed by atoms with Crippen LogP contribution in [0.3, 0.4) is 0 Å². The first kappa shape index (κ1) is 13.8. The van der Waals surface area contributed by atoms with E-state index in [-0.39, 0.29) is 17.8 Å². The Morgan fingerprint density at radius 1 is 1.37 bits per heavy atom. The Kier molecular flexibility index (Phi) is 4.13. The number of morpholine rings is 1. The van der Waals surface area contributed by atoms with E-state index in [0.29, 0.717) is 5.92 Å². The summed E-state index contributed by atoms with van der Waals surface area (Å²) in [5.41, 5.74) is 0.114. The first-order chi connectivity index (χ1) is 9.22. The molecular formula is C15H27NO3. The largest absolute Gasteiger partial charge is 0.390 e. The molecule has 110 valence electrons. The van der Waals surface area contributed by atoms with Gasteiger partial charge in [-0.15, -0.1) is 0 Å². The highest BCUT2D eigenvalue weighted by molar-refractivity contribution is 4.97. The third-order valence-electron chi connectivity index (χ3n) is 5.28. The van der Waals surface area contributed by atoms with Gasteiger partial charge in [0, 0.05) is 19.7 Å². The van der Waals surface area contributed by atoms with Crippen LogP contribution >= 0.6 is 0 Å². The van der Waals surface area contributed by atoms with E-state index in [1.807, 2.05) is 0 Å². The maximum atomic E-state index is 10.7. The van der Waals surface area contributed by atoms with Crippen LogP contribution in [0.4, 0.5) is 0 Å². The first-order valence-electron chi connectivity index (χ1n) is 7.88. The third kappa shape index (κ3) is 2.82. The lowest BCUT2D eigenvalue weighted by atomic mass is 9.70. The SMILES string of the molecule is CCN1CCOC(C(O)C2CCOC3(CCC3)C2)C1. The van der Waals surface area contributed by atoms with Crippen molar-refractivity contribution in [1.82, 2.24) is 4.90 Å². The molecule has 1 N–H and O–H groups in total. The number of hydrogen-bond donors (Lipinski definition) is 1. The first-order valence-corrected chi connectivity index (χ1v) is 7.88. The van der Waals surface area contributed by atoms with Gasteiger partial charge in [-0.2, -0.15) is 0 Å². The monoisotopic (exact) mass is 269 g/mol. The molecule has 4 heteroatoms. The Labute approximate surface area is 116 Å². The Hall–Kier alpha value is -0.160. The van der Waals surface area contributed by atoms with Crippen molar-refractivity contribution in [3.05, 3.63) is 0 Å². The standard InChI is InChI=1S/C15H27NO3/c1-2-16-7-9-18-13(11-16)14(17)12-4-8-19-15(10-12)5-3-6-15/h12-14,17H,2-11H2,1H3. The maximum absolute atomic E-state index is 10.7. The number of rotatable bonds is 3. The lowest BCUT2D eigenvalue weighted by Gasteiger charge is -2.49. The van der Waals surface area contributed by atoms with Crippen LogP contribution in [0.25, 0.3) is 0 Å². The molecule has 3 rings (SSSR count). The molecule has 0 radical (unpaired) electrons. The molecule has 0 aromatic carbocycles. The molecule has 0 aromatic heterocycles. The van der Waals surface area contributed by atoms with Crippen molar-refractivity contribution in [1.29, 1.82) is 0 Å². The van der Waals surface area contributed by atoms with Gasteiger partial charge < -0.3 is 14.6 Å². The molecule has 3 unspecified atom stereocenters. The smallest absolute Gasteiger partial charge is 0.0963 e. The normalized spacial score (nSPS) is 36.9. The zero-order valence-electron chi connectivity index (χ0n) is 12.0. The van der Waals surface area contributed by atoms with Crippen molar-refractivity contribution in [2.75, 3.05) is 32.8 Å². The van der Waals surface area contributed by atoms with Crippen molar-refractivity contribution < 1.29 is 14.6 Å². The topological polar surface area (TPSA) is 41.9 Å². The number of aliphatic hydroxyl groups excluding tert-OH is 1. The fraction of sp³-hybridized carbons (Fsp3) is 1.00. The van der Waals surface area contributed by atoms with E-state index < -0.39 is 0 Å². The summed E-state index contributed by atoms with van der Waals surface area (Å²) in [4.78, 5) is 2.37. The van der Waals surface area contributed by atoms with E-state index in [1.165, 1.54) is 19.3 Å². The van der Waals surface area contributed by atoms with Crippen LogP contribution in [0.5, 0.6) is 0 Å². The van der Waals surface area contributed by atoms with Gasteiger partial charge in [-0.25, -0.2) is 0 Å². The Morgan fingerprint density at radius 2 is 2.21 bits per heavy atom. The van der Waals surface area contributed by atoms with Crippen molar-refractivity contribution in [2.24, 2.45) is 5.92 Å². The van der Waals surface area contributed by atoms with Crippen LogP contribution in [0.1, 0.15) is 39.0 Å². The van der Waals surface area contributed by atoms with Crippen molar-refractivity contribution in [3.63, 3.8) is 0 Å². The maximum Gasteiger partial charge on any atom is 0.0963 e. The summed E-state index contributed by atoms with van der Waals surface area (Å²) >= 11 is 0. The second-order valence-corrected chi connectivity index (χ2v) is 6.43. The summed E-state index contributed by atoms with van der Waals surface area (Å²) in [5, 5.41) is 10.7. The summed E-state index contributed by atoms with van der Waals surface area (Å²) in [6, 6.07) is 0. The molecule has 0 amide bonds. The molecule has 4 nitrogen and oxygen atoms in total. The van der Waals surface area contributed by atoms with E-state index in [0.717, 1.165) is 45.7 Å². The Balaban J connectivity index is 1.58. The minimum Gasteiger partial charge on any atom is -0.390 e. The minimum atomic E-state index is -0.323. The number of nitrogens with zero attached hydrogens (tertiary/aromatic N) is 1. The summed E-state index contributed by atoms with van der Waals surface area (Å²) in [5.74, 6) is 0.357. The summed E-state index contributed by atoms with van der Waals surface area (Å²) in [6.07, 6.45) is 5.33. The molecular weight excluding hydrogens is 242 g/mol. The molecule has 1 saturated carbocycles. The molecule has 1 spiro atoms. The Morgan fingerprint density at radius 3 is 2.89 bits per heavy atom. The molecule has 1 aliphatic carbocycles. The predicted octanol–water partition coefficient (Wildman–Crippen LogP) is 1.42. The lowest BCUT2D eigenvalue weighted by molar-refractivity contribution is -0.176. The quantitative estimate of drug-likeness (QED) is 0.841. The van der Waals surface area contributed by atoms with Gasteiger partial charge in [0.15, 0.2) is 0 Å². The van der Waals surface area contributed by atoms with Crippen LogP contribution < -0.4 is 0 Å². The molecule has 3 aliphatic rings. The Bertz CT molecular complexity index is 306. The predicted molar refractivity (Wildman–Crippen MR) is 73.1 cm³/mol. The lowest BCUT2D eigenvalue weighted by Crippen LogP contribution is -2.53. The summed E-state index contributed by atoms with van der Waals surface area (Å²) in [7, 11) is 0. The van der Waals surface area contributed by atoms with Crippen molar-refractivity contribution in [2.45, 2.75) is 56.8 Å². The molecule has 0 aromatic rings. The second kappa shape index (κ2) is 5.68. The third-order valence-corrected chi connectivity index (χ3v) is 5.28. The fourth-order valence-electron chi connectivity index (χ4n) is 3.81. The molecule has 2 aliphatic heterocycles. The number of ether oxygens (including phenoxy) is 2. The summed E-state index contributed by atoms with van der Waals surface area (Å²) in [6.45, 7) is 6.66. The van der Waals surface area contributed by atoms with Gasteiger partial charge in [0.25, 0.3) is 0 Å². The molecule has 19 heavy (non-hydrogen) atoms. The van der Waals surface area contributed by atoms with Crippen LogP contribution in [0.15, 0.2) is 0 Å². The van der Waals surface area contributed by atoms with Crippen LogP contribution in [0, 0.1) is 5.92 Å². The van der Waals surface area contributed by atoms with Gasteiger partial charge in [0.05, 0.1) is 24.4 Å². The van der Waals surface area contributed by atoms with E-state index in [1.54, 1.807) is 0 Å². The van der Waals surface area contributed by atoms with Crippen molar-refractivity contribution >= 4 is 0 Å². The van der Waals surface area contributed by atoms with Gasteiger partial charge in [-0.1, -0.05) is 6.92 Å². The zero-order valence-corrected chi connectivity index (χ0v) is 12.0. The van der Waals surface area contributed by atoms with Crippen molar-refractivity contribution in [3.8, 4) is 0 Å². The number of aliphatic hydroxyl groups is 1. The van der Waals surface area contributed by atoms with E-state index in [9.17, 15) is 5.11 Å². The molecule has 2 saturated heterocycles. The van der Waals surface area contributed by atoms with Gasteiger partial charge in [0.1, 0.15) is 0 Å². The second-order valence-electron chi connectivity index (χ2n) is 6.43. The molecule has 3 atom stereocenters. The highest BCUT2D eigenvalue weighted by atomic mass is 16.5. The highest BCUT2D eigenvalue weighted by Crippen LogP contribution is 2.45. The molecule has 2 heterocycles. The van der Waals surface area contributed by atoms with E-state index in [2.05, 4.69) is 11.8 Å². The van der Waals surface area contributed by atoms with Gasteiger partial charge in [0.2, 0.25) is 0 Å². The highest BCUT2D eigenvalue weighted by Gasteiger charge is 2.45. The van der Waals surface area contributed by atoms with Crippen LogP contribution in [-0.2, 0) is 9.47 Å². The number of likely N-dealkylation sites (N-methyl/N-ethyl adjacent to an activating group) is 1. The average molecular weight is 269 g/mol. The fourth-order valence-corrected chi connectivity index (χ4v) is 3.81. The van der Waals surface area contributed by atoms with Crippen LogP contribution in [0.2, 0.25) is 0 Å². The molecule has 0 bridgehead atoms. The zero-order chi connectivity index (χ0) is 13.3. The summed E-state index contributed by atoms with van der Waals surface area (Å²) < 4.78 is 11.8. The van der Waals surface area contributed by atoms with Gasteiger partial charge in [-0.3, -0.25) is 4.90 Å².